The van der Waals surface area contributed by atoms with Crippen molar-refractivity contribution in [2.24, 2.45) is 5.92 Å². The summed E-state index contributed by atoms with van der Waals surface area (Å²) in [5.74, 6) is -7.76. The fourth-order valence-corrected chi connectivity index (χ4v) is 5.39. The van der Waals surface area contributed by atoms with Gasteiger partial charge in [0.15, 0.2) is 0 Å². The lowest BCUT2D eigenvalue weighted by Gasteiger charge is -2.30. The molecule has 2 atom stereocenters. The maximum Gasteiger partial charge on any atom is 0.321 e. The van der Waals surface area contributed by atoms with Gasteiger partial charge in [0.25, 0.3) is 5.91 Å². The van der Waals surface area contributed by atoms with Crippen LogP contribution in [-0.4, -0.2) is 39.5 Å². The van der Waals surface area contributed by atoms with Crippen LogP contribution >= 0.6 is 0 Å². The van der Waals surface area contributed by atoms with Gasteiger partial charge in [-0.25, -0.2) is 8.78 Å². The first kappa shape index (κ1) is 25.2. The van der Waals surface area contributed by atoms with Gasteiger partial charge >= 0.3 is 5.92 Å². The lowest BCUT2D eigenvalue weighted by molar-refractivity contribution is -0.143. The Labute approximate surface area is 211 Å². The predicted octanol–water partition coefficient (Wildman–Crippen LogP) is 5.48. The molecule has 5 rings (SSSR count). The first-order valence-corrected chi connectivity index (χ1v) is 12.4. The summed E-state index contributed by atoms with van der Waals surface area (Å²) in [6.07, 6.45) is 2.21. The Morgan fingerprint density at radius 1 is 1.14 bits per heavy atom. The molecule has 0 bridgehead atoms. The standard InChI is InChI=1S/C27H28F4N4O2/c1-26(28,29)25(37)33-21-14-23(36)35(24(21)18-5-3-2-4-6-18)20-7-8-22-19(13-20)15-32-34(22)16-17-9-11-27(30,31)12-10-17/h2-8,13,15,17,21,24H,9-12,14,16H2,1H3,(H,33,37)/t21-,24+/m1/s1. The second-order valence-corrected chi connectivity index (χ2v) is 10.2. The Bertz CT molecular complexity index is 1290. The van der Waals surface area contributed by atoms with Crippen LogP contribution in [0.1, 0.15) is 50.6 Å². The van der Waals surface area contributed by atoms with E-state index >= 15 is 0 Å². The average molecular weight is 517 g/mol. The minimum absolute atomic E-state index is 0.110. The monoisotopic (exact) mass is 516 g/mol. The highest BCUT2D eigenvalue weighted by molar-refractivity contribution is 6.00. The van der Waals surface area contributed by atoms with Crippen molar-refractivity contribution in [1.82, 2.24) is 15.1 Å². The maximum atomic E-state index is 13.6. The molecule has 2 aromatic carbocycles. The van der Waals surface area contributed by atoms with E-state index < -0.39 is 29.8 Å². The van der Waals surface area contributed by atoms with E-state index in [0.717, 1.165) is 10.9 Å². The van der Waals surface area contributed by atoms with E-state index in [-0.39, 0.29) is 31.1 Å². The molecule has 0 unspecified atom stereocenters. The molecule has 1 N–H and O–H groups in total. The number of fused-ring (bicyclic) bond motifs is 1. The maximum absolute atomic E-state index is 13.6. The minimum atomic E-state index is -3.57. The van der Waals surface area contributed by atoms with Gasteiger partial charge in [0, 0.05) is 43.8 Å². The van der Waals surface area contributed by atoms with Crippen molar-refractivity contribution in [3.8, 4) is 0 Å². The van der Waals surface area contributed by atoms with Crippen molar-refractivity contribution < 1.29 is 27.2 Å². The van der Waals surface area contributed by atoms with Gasteiger partial charge in [-0.2, -0.15) is 13.9 Å². The van der Waals surface area contributed by atoms with Gasteiger partial charge in [-0.1, -0.05) is 30.3 Å². The van der Waals surface area contributed by atoms with Crippen LogP contribution in [0.2, 0.25) is 0 Å². The van der Waals surface area contributed by atoms with E-state index in [9.17, 15) is 27.2 Å². The lowest BCUT2D eigenvalue weighted by atomic mass is 9.87. The van der Waals surface area contributed by atoms with Crippen molar-refractivity contribution in [3.05, 3.63) is 60.3 Å². The molecule has 1 aromatic heterocycles. The zero-order valence-electron chi connectivity index (χ0n) is 20.3. The SMILES string of the molecule is CC(F)(F)C(=O)N[C@@H]1CC(=O)N(c2ccc3c(cnn3CC3CCC(F)(F)CC3)c2)[C@H]1c1ccccc1. The first-order chi connectivity index (χ1) is 17.5. The Kier molecular flexibility index (Phi) is 6.45. The van der Waals surface area contributed by atoms with Crippen LogP contribution in [0.5, 0.6) is 0 Å². The number of nitrogens with zero attached hydrogens (tertiary/aromatic N) is 3. The van der Waals surface area contributed by atoms with Gasteiger partial charge in [0.1, 0.15) is 0 Å². The molecule has 37 heavy (non-hydrogen) atoms. The summed E-state index contributed by atoms with van der Waals surface area (Å²) in [6.45, 7) is 1.06. The summed E-state index contributed by atoms with van der Waals surface area (Å²) >= 11 is 0. The van der Waals surface area contributed by atoms with Gasteiger partial charge in [-0.05, 0) is 42.5 Å². The Morgan fingerprint density at radius 2 is 1.84 bits per heavy atom. The third-order valence-electron chi connectivity index (χ3n) is 7.35. The Morgan fingerprint density at radius 3 is 2.51 bits per heavy atom. The number of amides is 2. The third kappa shape index (κ3) is 5.19. The third-order valence-corrected chi connectivity index (χ3v) is 7.35. The molecule has 1 aliphatic heterocycles. The summed E-state index contributed by atoms with van der Waals surface area (Å²) in [4.78, 5) is 26.8. The molecule has 196 valence electrons. The van der Waals surface area contributed by atoms with Crippen LogP contribution in [0.3, 0.4) is 0 Å². The smallest absolute Gasteiger partial charge is 0.321 e. The fourth-order valence-electron chi connectivity index (χ4n) is 5.39. The second kappa shape index (κ2) is 9.46. The van der Waals surface area contributed by atoms with E-state index in [1.807, 2.05) is 12.1 Å². The van der Waals surface area contributed by atoms with E-state index in [2.05, 4.69) is 10.4 Å². The molecule has 1 saturated heterocycles. The molecular weight excluding hydrogens is 488 g/mol. The van der Waals surface area contributed by atoms with Crippen LogP contribution in [-0.2, 0) is 16.1 Å². The summed E-state index contributed by atoms with van der Waals surface area (Å²) in [7, 11) is 0. The molecule has 0 radical (unpaired) electrons. The number of benzene rings is 2. The molecule has 3 aromatic rings. The van der Waals surface area contributed by atoms with Gasteiger partial charge < -0.3 is 10.2 Å². The Hall–Kier alpha value is -3.43. The zero-order chi connectivity index (χ0) is 26.4. The highest BCUT2D eigenvalue weighted by Gasteiger charge is 2.45. The molecule has 2 amide bonds. The highest BCUT2D eigenvalue weighted by Crippen LogP contribution is 2.40. The number of nitrogens with one attached hydrogen (secondary N) is 1. The van der Waals surface area contributed by atoms with Gasteiger partial charge in [0.2, 0.25) is 11.8 Å². The first-order valence-electron chi connectivity index (χ1n) is 12.4. The number of anilines is 1. The number of hydrogen-bond acceptors (Lipinski definition) is 3. The van der Waals surface area contributed by atoms with E-state index in [4.69, 9.17) is 0 Å². The van der Waals surface area contributed by atoms with E-state index in [1.165, 1.54) is 4.90 Å². The number of aromatic nitrogens is 2. The lowest BCUT2D eigenvalue weighted by Crippen LogP contribution is -2.46. The molecule has 2 fully saturated rings. The summed E-state index contributed by atoms with van der Waals surface area (Å²) < 4.78 is 56.1. The average Bonchev–Trinajstić information content (AvgIpc) is 3.40. The minimum Gasteiger partial charge on any atom is -0.345 e. The molecule has 6 nitrogen and oxygen atoms in total. The largest absolute Gasteiger partial charge is 0.345 e. The number of halogens is 4. The second-order valence-electron chi connectivity index (χ2n) is 10.2. The molecule has 1 aliphatic carbocycles. The molecular formula is C27H28F4N4O2. The molecule has 1 saturated carbocycles. The van der Waals surface area contributed by atoms with Crippen LogP contribution in [0, 0.1) is 5.92 Å². The van der Waals surface area contributed by atoms with Gasteiger partial charge in [-0.15, -0.1) is 0 Å². The topological polar surface area (TPSA) is 67.2 Å². The predicted molar refractivity (Wildman–Crippen MR) is 130 cm³/mol. The number of carbonyl (C=O) groups excluding carboxylic acids is 2. The number of rotatable bonds is 6. The molecule has 2 aliphatic rings. The van der Waals surface area contributed by atoms with E-state index in [0.29, 0.717) is 37.6 Å². The van der Waals surface area contributed by atoms with Crippen molar-refractivity contribution in [1.29, 1.82) is 0 Å². The van der Waals surface area contributed by atoms with Crippen LogP contribution in [0.4, 0.5) is 23.2 Å². The van der Waals surface area contributed by atoms with Crippen LogP contribution in [0.25, 0.3) is 10.9 Å². The molecule has 10 heteroatoms. The molecule has 2 heterocycles. The summed E-state index contributed by atoms with van der Waals surface area (Å²) in [5.41, 5.74) is 2.09. The van der Waals surface area contributed by atoms with Crippen LogP contribution < -0.4 is 10.2 Å². The number of alkyl halides is 4. The van der Waals surface area contributed by atoms with E-state index in [1.54, 1.807) is 47.3 Å². The van der Waals surface area contributed by atoms with Crippen molar-refractivity contribution in [3.63, 3.8) is 0 Å². The van der Waals surface area contributed by atoms with Gasteiger partial charge in [-0.3, -0.25) is 14.3 Å². The van der Waals surface area contributed by atoms with Gasteiger partial charge in [0.05, 0.1) is 23.8 Å². The van der Waals surface area contributed by atoms with Crippen molar-refractivity contribution >= 4 is 28.4 Å². The Balaban J connectivity index is 1.42. The summed E-state index contributed by atoms with van der Waals surface area (Å²) in [6, 6.07) is 12.9. The van der Waals surface area contributed by atoms with Crippen molar-refractivity contribution in [2.75, 3.05) is 4.90 Å². The van der Waals surface area contributed by atoms with Crippen molar-refractivity contribution in [2.45, 2.75) is 69.5 Å². The normalized spacial score (nSPS) is 22.5. The quantitative estimate of drug-likeness (QED) is 0.442. The fraction of sp³-hybridized carbons (Fsp3) is 0.444. The zero-order valence-corrected chi connectivity index (χ0v) is 20.3. The number of hydrogen-bond donors (Lipinski definition) is 1. The highest BCUT2D eigenvalue weighted by atomic mass is 19.3. The van der Waals surface area contributed by atoms with Crippen LogP contribution in [0.15, 0.2) is 54.7 Å². The molecule has 0 spiro atoms. The number of carbonyl (C=O) groups is 2. The summed E-state index contributed by atoms with van der Waals surface area (Å²) in [5, 5.41) is 7.59.